The molecule has 4 nitrogen and oxygen atoms in total. The van der Waals surface area contributed by atoms with Crippen molar-refractivity contribution in [3.8, 4) is 11.3 Å². The molecule has 0 saturated carbocycles. The van der Waals surface area contributed by atoms with Crippen LogP contribution in [0.1, 0.15) is 13.8 Å². The molecule has 1 heterocycles. The molecule has 0 spiro atoms. The average molecular weight is 373 g/mol. The summed E-state index contributed by atoms with van der Waals surface area (Å²) in [5, 5.41) is 7.50. The van der Waals surface area contributed by atoms with Gasteiger partial charge in [0.05, 0.1) is 15.7 Å². The summed E-state index contributed by atoms with van der Waals surface area (Å²) in [4.78, 5) is 9.16. The maximum absolute atomic E-state index is 6.08. The largest absolute Gasteiger partial charge is 0.368 e. The number of rotatable bonds is 5. The lowest BCUT2D eigenvalue weighted by Gasteiger charge is -2.13. The fourth-order valence-electron chi connectivity index (χ4n) is 2.33. The Morgan fingerprint density at radius 3 is 2.32 bits per heavy atom. The Kier molecular flexibility index (Phi) is 5.41. The van der Waals surface area contributed by atoms with E-state index < -0.39 is 0 Å². The molecule has 0 saturated heterocycles. The number of hydrogen-bond donors (Lipinski definition) is 2. The van der Waals surface area contributed by atoms with E-state index in [1.807, 2.05) is 42.5 Å². The van der Waals surface area contributed by atoms with Gasteiger partial charge in [0.1, 0.15) is 5.82 Å². The lowest BCUT2D eigenvalue weighted by Crippen LogP contribution is -2.12. The maximum atomic E-state index is 6.08. The van der Waals surface area contributed by atoms with Gasteiger partial charge in [-0.3, -0.25) is 0 Å². The van der Waals surface area contributed by atoms with Crippen LogP contribution in [0, 0.1) is 0 Å². The van der Waals surface area contributed by atoms with Crippen LogP contribution in [0.4, 0.5) is 17.5 Å². The van der Waals surface area contributed by atoms with Gasteiger partial charge in [0, 0.05) is 23.4 Å². The zero-order valence-electron chi connectivity index (χ0n) is 13.9. The van der Waals surface area contributed by atoms with Gasteiger partial charge in [-0.2, -0.15) is 4.98 Å². The molecule has 3 rings (SSSR count). The molecule has 2 N–H and O–H groups in total. The highest BCUT2D eigenvalue weighted by Crippen LogP contribution is 2.28. The van der Waals surface area contributed by atoms with Crippen molar-refractivity contribution in [3.63, 3.8) is 0 Å². The zero-order valence-corrected chi connectivity index (χ0v) is 15.4. The van der Waals surface area contributed by atoms with Gasteiger partial charge in [-0.25, -0.2) is 4.98 Å². The predicted octanol–water partition coefficient (Wildman–Crippen LogP) is 6.01. The predicted molar refractivity (Wildman–Crippen MR) is 106 cm³/mol. The Bertz CT molecular complexity index is 867. The van der Waals surface area contributed by atoms with Gasteiger partial charge in [-0.15, -0.1) is 0 Å². The molecular formula is C19H18Cl2N4. The smallest absolute Gasteiger partial charge is 0.229 e. The molecule has 0 amide bonds. The Hall–Kier alpha value is -2.30. The number of nitrogens with one attached hydrogen (secondary N) is 2. The van der Waals surface area contributed by atoms with Crippen molar-refractivity contribution in [2.75, 3.05) is 10.6 Å². The van der Waals surface area contributed by atoms with Gasteiger partial charge in [0.15, 0.2) is 0 Å². The van der Waals surface area contributed by atoms with E-state index in [0.29, 0.717) is 16.0 Å². The van der Waals surface area contributed by atoms with E-state index in [1.54, 1.807) is 12.1 Å². The molecule has 0 aliphatic heterocycles. The third-order valence-corrected chi connectivity index (χ3v) is 4.15. The van der Waals surface area contributed by atoms with Gasteiger partial charge in [0.25, 0.3) is 0 Å². The summed E-state index contributed by atoms with van der Waals surface area (Å²) in [5.41, 5.74) is 2.63. The highest BCUT2D eigenvalue weighted by molar-refractivity contribution is 6.42. The van der Waals surface area contributed by atoms with Gasteiger partial charge in [-0.05, 0) is 32.0 Å². The molecule has 25 heavy (non-hydrogen) atoms. The van der Waals surface area contributed by atoms with E-state index in [9.17, 15) is 0 Å². The summed E-state index contributed by atoms with van der Waals surface area (Å²) >= 11 is 12.1. The summed E-state index contributed by atoms with van der Waals surface area (Å²) in [5.74, 6) is 1.24. The second-order valence-electron chi connectivity index (χ2n) is 5.88. The van der Waals surface area contributed by atoms with Crippen molar-refractivity contribution < 1.29 is 0 Å². The minimum atomic E-state index is 0.261. The van der Waals surface area contributed by atoms with Crippen LogP contribution in [0.2, 0.25) is 10.0 Å². The third kappa shape index (κ3) is 4.62. The average Bonchev–Trinajstić information content (AvgIpc) is 2.58. The van der Waals surface area contributed by atoms with E-state index in [0.717, 1.165) is 22.8 Å². The highest BCUT2D eigenvalue weighted by Gasteiger charge is 2.09. The molecule has 0 atom stereocenters. The van der Waals surface area contributed by atoms with Crippen LogP contribution in [-0.4, -0.2) is 16.0 Å². The maximum Gasteiger partial charge on any atom is 0.229 e. The van der Waals surface area contributed by atoms with E-state index in [4.69, 9.17) is 23.2 Å². The molecule has 0 fully saturated rings. The molecule has 128 valence electrons. The lowest BCUT2D eigenvalue weighted by molar-refractivity contribution is 0.887. The lowest BCUT2D eigenvalue weighted by atomic mass is 10.1. The topological polar surface area (TPSA) is 49.8 Å². The van der Waals surface area contributed by atoms with Gasteiger partial charge in [-0.1, -0.05) is 53.5 Å². The Balaban J connectivity index is 1.98. The summed E-state index contributed by atoms with van der Waals surface area (Å²) in [6.45, 7) is 4.13. The minimum Gasteiger partial charge on any atom is -0.368 e. The fraction of sp³-hybridized carbons (Fsp3) is 0.158. The van der Waals surface area contributed by atoms with E-state index in [1.165, 1.54) is 0 Å². The van der Waals surface area contributed by atoms with Crippen molar-refractivity contribution in [1.82, 2.24) is 9.97 Å². The van der Waals surface area contributed by atoms with Gasteiger partial charge < -0.3 is 10.6 Å². The van der Waals surface area contributed by atoms with Crippen LogP contribution in [-0.2, 0) is 0 Å². The summed E-state index contributed by atoms with van der Waals surface area (Å²) in [6.07, 6.45) is 0. The Morgan fingerprint density at radius 1 is 0.880 bits per heavy atom. The van der Waals surface area contributed by atoms with Gasteiger partial charge in [0.2, 0.25) is 5.95 Å². The van der Waals surface area contributed by atoms with Crippen molar-refractivity contribution in [1.29, 1.82) is 0 Å². The number of hydrogen-bond acceptors (Lipinski definition) is 4. The van der Waals surface area contributed by atoms with Crippen molar-refractivity contribution in [3.05, 3.63) is 64.6 Å². The molecule has 0 bridgehead atoms. The molecule has 0 aliphatic rings. The van der Waals surface area contributed by atoms with Crippen LogP contribution < -0.4 is 10.6 Å². The van der Waals surface area contributed by atoms with E-state index >= 15 is 0 Å². The molecule has 6 heteroatoms. The summed E-state index contributed by atoms with van der Waals surface area (Å²) < 4.78 is 0. The first kappa shape index (κ1) is 17.5. The molecular weight excluding hydrogens is 355 g/mol. The standard InChI is InChI=1S/C19H18Cl2N4/c1-12(2)22-18-11-17(13-6-4-3-5-7-13)24-19(25-18)23-14-8-9-15(20)16(21)10-14/h3-12H,1-2H3,(H2,22,23,24,25). The molecule has 2 aromatic carbocycles. The van der Waals surface area contributed by atoms with Crippen LogP contribution in [0.15, 0.2) is 54.6 Å². The second kappa shape index (κ2) is 7.72. The van der Waals surface area contributed by atoms with Crippen LogP contribution in [0.5, 0.6) is 0 Å². The quantitative estimate of drug-likeness (QED) is 0.575. The SMILES string of the molecule is CC(C)Nc1cc(-c2ccccc2)nc(Nc2ccc(Cl)c(Cl)c2)n1. The molecule has 0 unspecified atom stereocenters. The number of aromatic nitrogens is 2. The van der Waals surface area contributed by atoms with Crippen LogP contribution in [0.25, 0.3) is 11.3 Å². The van der Waals surface area contributed by atoms with Crippen molar-refractivity contribution >= 4 is 40.7 Å². The van der Waals surface area contributed by atoms with Gasteiger partial charge >= 0.3 is 0 Å². The molecule has 0 aliphatic carbocycles. The van der Waals surface area contributed by atoms with Crippen molar-refractivity contribution in [2.45, 2.75) is 19.9 Å². The molecule has 3 aromatic rings. The Morgan fingerprint density at radius 2 is 1.64 bits per heavy atom. The first-order chi connectivity index (χ1) is 12.0. The molecule has 0 radical (unpaired) electrons. The van der Waals surface area contributed by atoms with Crippen LogP contribution in [0.3, 0.4) is 0 Å². The van der Waals surface area contributed by atoms with Crippen molar-refractivity contribution in [2.24, 2.45) is 0 Å². The third-order valence-electron chi connectivity index (χ3n) is 3.41. The number of anilines is 3. The monoisotopic (exact) mass is 372 g/mol. The summed E-state index contributed by atoms with van der Waals surface area (Å²) in [6, 6.07) is 17.5. The van der Waals surface area contributed by atoms with E-state index in [-0.39, 0.29) is 6.04 Å². The first-order valence-electron chi connectivity index (χ1n) is 7.94. The van der Waals surface area contributed by atoms with E-state index in [2.05, 4.69) is 34.4 Å². The zero-order chi connectivity index (χ0) is 17.8. The minimum absolute atomic E-state index is 0.261. The highest BCUT2D eigenvalue weighted by atomic mass is 35.5. The fourth-order valence-corrected chi connectivity index (χ4v) is 2.63. The number of halogens is 2. The number of nitrogens with zero attached hydrogens (tertiary/aromatic N) is 2. The number of benzene rings is 2. The molecule has 1 aromatic heterocycles. The Labute approximate surface area is 157 Å². The normalized spacial score (nSPS) is 10.8. The second-order valence-corrected chi connectivity index (χ2v) is 6.70. The first-order valence-corrected chi connectivity index (χ1v) is 8.70. The summed E-state index contributed by atoms with van der Waals surface area (Å²) in [7, 11) is 0. The van der Waals surface area contributed by atoms with Crippen LogP contribution >= 0.6 is 23.2 Å².